The van der Waals surface area contributed by atoms with E-state index in [1.54, 1.807) is 6.20 Å². The van der Waals surface area contributed by atoms with Gasteiger partial charge in [-0.3, -0.25) is 4.79 Å². The largest absolute Gasteiger partial charge is 0.431 e. The third-order valence-corrected chi connectivity index (χ3v) is 4.65. The molecule has 0 atom stereocenters. The number of nitrogens with zero attached hydrogens (tertiary/aromatic N) is 2. The summed E-state index contributed by atoms with van der Waals surface area (Å²) >= 11 is 1.43. The van der Waals surface area contributed by atoms with Crippen LogP contribution in [0.5, 0.6) is 10.9 Å². The average Bonchev–Trinajstić information content (AvgIpc) is 3.19. The molecule has 26 heavy (non-hydrogen) atoms. The van der Waals surface area contributed by atoms with E-state index < -0.39 is 0 Å². The summed E-state index contributed by atoms with van der Waals surface area (Å²) in [5, 5.41) is 2.46. The Kier molecular flexibility index (Phi) is 6.39. The average molecular weight is 366 g/mol. The summed E-state index contributed by atoms with van der Waals surface area (Å²) in [6.45, 7) is 3.51. The quantitative estimate of drug-likeness (QED) is 0.538. The van der Waals surface area contributed by atoms with Crippen molar-refractivity contribution in [3.8, 4) is 10.9 Å². The van der Waals surface area contributed by atoms with Crippen LogP contribution >= 0.6 is 11.3 Å². The topological polar surface area (TPSA) is 42.4 Å². The number of carbonyl (C=O) groups excluding carboxylic acids is 1. The molecule has 0 radical (unpaired) electrons. The number of carbonyl (C=O) groups is 1. The molecule has 1 aromatic heterocycles. The fourth-order valence-corrected chi connectivity index (χ4v) is 3.12. The van der Waals surface area contributed by atoms with Gasteiger partial charge in [0, 0.05) is 30.2 Å². The highest BCUT2D eigenvalue weighted by Gasteiger charge is 2.16. The Hall–Kier alpha value is -2.66. The van der Waals surface area contributed by atoms with E-state index in [4.69, 9.17) is 4.74 Å². The monoisotopic (exact) mass is 366 g/mol. The first kappa shape index (κ1) is 18.1. The molecule has 0 unspecified atom stereocenters. The van der Waals surface area contributed by atoms with Crippen molar-refractivity contribution in [1.82, 2.24) is 9.88 Å². The second-order valence-electron chi connectivity index (χ2n) is 5.99. The first-order chi connectivity index (χ1) is 12.8. The molecule has 0 saturated carbocycles. The summed E-state index contributed by atoms with van der Waals surface area (Å²) in [6, 6.07) is 17.4. The van der Waals surface area contributed by atoms with Gasteiger partial charge in [-0.15, -0.1) is 0 Å². The molecule has 0 fully saturated rings. The Labute approximate surface area is 158 Å². The molecule has 0 spiro atoms. The summed E-state index contributed by atoms with van der Waals surface area (Å²) in [6.07, 6.45) is 3.75. The van der Waals surface area contributed by atoms with Crippen molar-refractivity contribution >= 4 is 17.2 Å². The SMILES string of the molecule is CCCCN(Cc1ccccc1)C(=O)c1ccc(Oc2nccs2)cc1. The van der Waals surface area contributed by atoms with Crippen LogP contribution < -0.4 is 4.74 Å². The summed E-state index contributed by atoms with van der Waals surface area (Å²) in [5.74, 6) is 0.725. The van der Waals surface area contributed by atoms with Crippen molar-refractivity contribution in [2.24, 2.45) is 0 Å². The lowest BCUT2D eigenvalue weighted by atomic mass is 10.1. The smallest absolute Gasteiger partial charge is 0.278 e. The van der Waals surface area contributed by atoms with E-state index in [2.05, 4.69) is 24.0 Å². The van der Waals surface area contributed by atoms with Crippen LogP contribution in [0.4, 0.5) is 0 Å². The van der Waals surface area contributed by atoms with Crippen LogP contribution in [0.1, 0.15) is 35.7 Å². The van der Waals surface area contributed by atoms with Crippen LogP contribution in [0.3, 0.4) is 0 Å². The molecule has 0 aliphatic carbocycles. The molecule has 4 nitrogen and oxygen atoms in total. The molecule has 0 saturated heterocycles. The molecule has 1 heterocycles. The summed E-state index contributed by atoms with van der Waals surface area (Å²) in [5.41, 5.74) is 1.81. The zero-order valence-corrected chi connectivity index (χ0v) is 15.6. The first-order valence-electron chi connectivity index (χ1n) is 8.77. The molecule has 0 aliphatic heterocycles. The number of hydrogen-bond acceptors (Lipinski definition) is 4. The number of benzene rings is 2. The van der Waals surface area contributed by atoms with Crippen LogP contribution in [0, 0.1) is 0 Å². The van der Waals surface area contributed by atoms with Gasteiger partial charge in [-0.2, -0.15) is 0 Å². The molecule has 0 aliphatic rings. The van der Waals surface area contributed by atoms with Crippen LogP contribution in [0.2, 0.25) is 0 Å². The molecule has 2 aromatic carbocycles. The third-order valence-electron chi connectivity index (χ3n) is 4.00. The van der Waals surface area contributed by atoms with Gasteiger partial charge in [-0.1, -0.05) is 55.0 Å². The molecule has 134 valence electrons. The summed E-state index contributed by atoms with van der Waals surface area (Å²) in [4.78, 5) is 19.0. The second-order valence-corrected chi connectivity index (χ2v) is 6.85. The van der Waals surface area contributed by atoms with E-state index in [0.29, 0.717) is 23.1 Å². The van der Waals surface area contributed by atoms with Gasteiger partial charge in [-0.05, 0) is 36.2 Å². The van der Waals surface area contributed by atoms with Gasteiger partial charge in [0.2, 0.25) is 0 Å². The maximum absolute atomic E-state index is 13.0. The Morgan fingerprint density at radius 1 is 1.12 bits per heavy atom. The van der Waals surface area contributed by atoms with E-state index in [1.807, 2.05) is 52.7 Å². The van der Waals surface area contributed by atoms with Crippen LogP contribution in [0.25, 0.3) is 0 Å². The van der Waals surface area contributed by atoms with Crippen LogP contribution in [-0.4, -0.2) is 22.3 Å². The third kappa shape index (κ3) is 4.92. The molecular weight excluding hydrogens is 344 g/mol. The van der Waals surface area contributed by atoms with Crippen LogP contribution in [-0.2, 0) is 6.54 Å². The zero-order chi connectivity index (χ0) is 18.2. The fourth-order valence-electron chi connectivity index (χ4n) is 2.61. The number of amides is 1. The van der Waals surface area contributed by atoms with E-state index in [0.717, 1.165) is 24.9 Å². The predicted molar refractivity (Wildman–Crippen MR) is 105 cm³/mol. The minimum absolute atomic E-state index is 0.0445. The Bertz CT molecular complexity index is 802. The van der Waals surface area contributed by atoms with Crippen molar-refractivity contribution in [1.29, 1.82) is 0 Å². The highest BCUT2D eigenvalue weighted by molar-refractivity contribution is 7.11. The zero-order valence-electron chi connectivity index (χ0n) is 14.8. The second kappa shape index (κ2) is 9.15. The number of ether oxygens (including phenoxy) is 1. The molecule has 3 rings (SSSR count). The maximum Gasteiger partial charge on any atom is 0.278 e. The van der Waals surface area contributed by atoms with Gasteiger partial charge < -0.3 is 9.64 Å². The Morgan fingerprint density at radius 2 is 1.88 bits per heavy atom. The van der Waals surface area contributed by atoms with Gasteiger partial charge >= 0.3 is 0 Å². The number of thiazole rings is 1. The van der Waals surface area contributed by atoms with Gasteiger partial charge in [-0.25, -0.2) is 4.98 Å². The number of rotatable bonds is 8. The van der Waals surface area contributed by atoms with Gasteiger partial charge in [0.1, 0.15) is 5.75 Å². The minimum Gasteiger partial charge on any atom is -0.431 e. The van der Waals surface area contributed by atoms with Crippen molar-refractivity contribution in [3.63, 3.8) is 0 Å². The van der Waals surface area contributed by atoms with Crippen LogP contribution in [0.15, 0.2) is 66.2 Å². The number of unbranched alkanes of at least 4 members (excludes halogenated alkanes) is 1. The van der Waals surface area contributed by atoms with Gasteiger partial charge in [0.15, 0.2) is 0 Å². The Balaban J connectivity index is 1.70. The maximum atomic E-state index is 13.0. The summed E-state index contributed by atoms with van der Waals surface area (Å²) < 4.78 is 5.66. The minimum atomic E-state index is 0.0445. The standard InChI is InChI=1S/C21H22N2O2S/c1-2-3-14-23(16-17-7-5-4-6-8-17)20(24)18-9-11-19(12-10-18)25-21-22-13-15-26-21/h4-13,15H,2-3,14,16H2,1H3. The van der Waals surface area contributed by atoms with Gasteiger partial charge in [0.25, 0.3) is 11.1 Å². The normalized spacial score (nSPS) is 10.5. The lowest BCUT2D eigenvalue weighted by molar-refractivity contribution is 0.0741. The molecule has 5 heteroatoms. The van der Waals surface area contributed by atoms with Gasteiger partial charge in [0.05, 0.1) is 0 Å². The molecule has 0 N–H and O–H groups in total. The molecular formula is C21H22N2O2S. The van der Waals surface area contributed by atoms with Crippen molar-refractivity contribution in [2.75, 3.05) is 6.54 Å². The van der Waals surface area contributed by atoms with E-state index in [1.165, 1.54) is 11.3 Å². The highest BCUT2D eigenvalue weighted by Crippen LogP contribution is 2.24. The number of aromatic nitrogens is 1. The first-order valence-corrected chi connectivity index (χ1v) is 9.65. The lowest BCUT2D eigenvalue weighted by Gasteiger charge is -2.23. The Morgan fingerprint density at radius 3 is 2.54 bits per heavy atom. The van der Waals surface area contributed by atoms with E-state index in [9.17, 15) is 4.79 Å². The van der Waals surface area contributed by atoms with E-state index in [-0.39, 0.29) is 5.91 Å². The highest BCUT2D eigenvalue weighted by atomic mass is 32.1. The van der Waals surface area contributed by atoms with Crippen molar-refractivity contribution in [2.45, 2.75) is 26.3 Å². The van der Waals surface area contributed by atoms with Crippen molar-refractivity contribution < 1.29 is 9.53 Å². The number of hydrogen-bond donors (Lipinski definition) is 0. The fraction of sp³-hybridized carbons (Fsp3) is 0.238. The summed E-state index contributed by atoms with van der Waals surface area (Å²) in [7, 11) is 0. The predicted octanol–water partition coefficient (Wildman–Crippen LogP) is 5.38. The van der Waals surface area contributed by atoms with Crippen molar-refractivity contribution in [3.05, 3.63) is 77.3 Å². The molecule has 0 bridgehead atoms. The van der Waals surface area contributed by atoms with E-state index >= 15 is 0 Å². The molecule has 1 amide bonds. The lowest BCUT2D eigenvalue weighted by Crippen LogP contribution is -2.31. The molecule has 3 aromatic rings.